The van der Waals surface area contributed by atoms with Crippen LogP contribution in [-0.4, -0.2) is 37.1 Å². The number of aromatic nitrogens is 1. The SMILES string of the molecule is CNC(=O)c1sc(N2CC(N)C2)nc1C.Cl. The van der Waals surface area contributed by atoms with E-state index in [1.165, 1.54) is 11.3 Å². The minimum Gasteiger partial charge on any atom is -0.354 e. The number of carbonyl (C=O) groups is 1. The van der Waals surface area contributed by atoms with E-state index in [2.05, 4.69) is 15.2 Å². The molecular formula is C9H15ClN4OS. The zero-order chi connectivity index (χ0) is 11.0. The van der Waals surface area contributed by atoms with Crippen molar-refractivity contribution in [2.24, 2.45) is 5.73 Å². The summed E-state index contributed by atoms with van der Waals surface area (Å²) in [7, 11) is 1.63. The second-order valence-corrected chi connectivity index (χ2v) is 4.63. The maximum atomic E-state index is 11.5. The third-order valence-electron chi connectivity index (χ3n) is 2.40. The first-order chi connectivity index (χ1) is 7.11. The Morgan fingerprint density at radius 1 is 1.62 bits per heavy atom. The van der Waals surface area contributed by atoms with Crippen LogP contribution in [-0.2, 0) is 0 Å². The van der Waals surface area contributed by atoms with Crippen molar-refractivity contribution in [3.05, 3.63) is 10.6 Å². The highest BCUT2D eigenvalue weighted by atomic mass is 35.5. The van der Waals surface area contributed by atoms with Gasteiger partial charge in [-0.3, -0.25) is 4.79 Å². The van der Waals surface area contributed by atoms with Crippen molar-refractivity contribution in [3.8, 4) is 0 Å². The molecule has 1 aromatic heterocycles. The van der Waals surface area contributed by atoms with Crippen LogP contribution in [0.4, 0.5) is 5.13 Å². The molecule has 1 fully saturated rings. The van der Waals surface area contributed by atoms with Gasteiger partial charge in [0.1, 0.15) is 4.88 Å². The van der Waals surface area contributed by atoms with E-state index < -0.39 is 0 Å². The number of halogens is 1. The van der Waals surface area contributed by atoms with Gasteiger partial charge in [-0.25, -0.2) is 4.98 Å². The largest absolute Gasteiger partial charge is 0.354 e. The Hall–Kier alpha value is -0.850. The van der Waals surface area contributed by atoms with E-state index in [0.29, 0.717) is 4.88 Å². The number of nitrogens with one attached hydrogen (secondary N) is 1. The topological polar surface area (TPSA) is 71.2 Å². The molecule has 2 heterocycles. The number of hydrogen-bond acceptors (Lipinski definition) is 5. The van der Waals surface area contributed by atoms with Crippen molar-refractivity contribution in [2.75, 3.05) is 25.0 Å². The lowest BCUT2D eigenvalue weighted by molar-refractivity contribution is 0.0966. The monoisotopic (exact) mass is 262 g/mol. The molecule has 0 bridgehead atoms. The number of rotatable bonds is 2. The van der Waals surface area contributed by atoms with E-state index in [1.807, 2.05) is 6.92 Å². The molecule has 0 aliphatic carbocycles. The average molecular weight is 263 g/mol. The van der Waals surface area contributed by atoms with Crippen LogP contribution in [0.1, 0.15) is 15.4 Å². The first-order valence-corrected chi connectivity index (χ1v) is 5.63. The maximum absolute atomic E-state index is 11.5. The Kier molecular flexibility index (Phi) is 4.12. The van der Waals surface area contributed by atoms with Gasteiger partial charge >= 0.3 is 0 Å². The van der Waals surface area contributed by atoms with Crippen LogP contribution in [0.25, 0.3) is 0 Å². The van der Waals surface area contributed by atoms with Crippen LogP contribution in [0.3, 0.4) is 0 Å². The summed E-state index contributed by atoms with van der Waals surface area (Å²) in [5.41, 5.74) is 6.48. The van der Waals surface area contributed by atoms with E-state index in [0.717, 1.165) is 23.9 Å². The molecule has 0 spiro atoms. The molecule has 0 radical (unpaired) electrons. The lowest BCUT2D eigenvalue weighted by Gasteiger charge is -2.36. The highest BCUT2D eigenvalue weighted by molar-refractivity contribution is 7.17. The zero-order valence-electron chi connectivity index (χ0n) is 9.19. The standard InChI is InChI=1S/C9H14N4OS.ClH/c1-5-7(8(14)11-2)15-9(12-5)13-3-6(10)4-13;/h6H,3-4,10H2,1-2H3,(H,11,14);1H. The first-order valence-electron chi connectivity index (χ1n) is 4.82. The number of carbonyl (C=O) groups excluding carboxylic acids is 1. The highest BCUT2D eigenvalue weighted by Crippen LogP contribution is 2.28. The van der Waals surface area contributed by atoms with Crippen molar-refractivity contribution in [2.45, 2.75) is 13.0 Å². The molecule has 2 rings (SSSR count). The first kappa shape index (κ1) is 13.2. The highest BCUT2D eigenvalue weighted by Gasteiger charge is 2.27. The Labute approximate surface area is 104 Å². The number of thiazole rings is 1. The van der Waals surface area contributed by atoms with Gasteiger partial charge in [0.15, 0.2) is 5.13 Å². The second-order valence-electron chi connectivity index (χ2n) is 3.66. The summed E-state index contributed by atoms with van der Waals surface area (Å²) in [6.07, 6.45) is 0. The lowest BCUT2D eigenvalue weighted by atomic mass is 10.1. The fourth-order valence-electron chi connectivity index (χ4n) is 1.51. The Morgan fingerprint density at radius 2 is 2.25 bits per heavy atom. The smallest absolute Gasteiger partial charge is 0.263 e. The molecule has 3 N–H and O–H groups in total. The van der Waals surface area contributed by atoms with Gasteiger partial charge in [0.25, 0.3) is 5.91 Å². The average Bonchev–Trinajstić information content (AvgIpc) is 2.54. The molecule has 0 unspecified atom stereocenters. The summed E-state index contributed by atoms with van der Waals surface area (Å²) in [6, 6.07) is 0.248. The van der Waals surface area contributed by atoms with Crippen molar-refractivity contribution < 1.29 is 4.79 Å². The number of aryl methyl sites for hydroxylation is 1. The molecule has 1 saturated heterocycles. The summed E-state index contributed by atoms with van der Waals surface area (Å²) in [5, 5.41) is 3.50. The Bertz CT molecular complexity index is 389. The predicted molar refractivity (Wildman–Crippen MR) is 67.7 cm³/mol. The summed E-state index contributed by atoms with van der Waals surface area (Å²) < 4.78 is 0. The Balaban J connectivity index is 0.00000128. The molecule has 7 heteroatoms. The van der Waals surface area contributed by atoms with Crippen LogP contribution >= 0.6 is 23.7 Å². The summed E-state index contributed by atoms with van der Waals surface area (Å²) in [4.78, 5) is 18.6. The van der Waals surface area contributed by atoms with Crippen LogP contribution < -0.4 is 16.0 Å². The minimum atomic E-state index is -0.0685. The van der Waals surface area contributed by atoms with Gasteiger partial charge in [0.05, 0.1) is 5.69 Å². The number of nitrogens with zero attached hydrogens (tertiary/aromatic N) is 2. The molecule has 1 aromatic rings. The summed E-state index contributed by atoms with van der Waals surface area (Å²) in [5.74, 6) is -0.0685. The molecule has 0 saturated carbocycles. The van der Waals surface area contributed by atoms with Crippen molar-refractivity contribution in [1.82, 2.24) is 10.3 Å². The fourth-order valence-corrected chi connectivity index (χ4v) is 2.54. The molecule has 1 aliphatic heterocycles. The van der Waals surface area contributed by atoms with Crippen molar-refractivity contribution in [1.29, 1.82) is 0 Å². The van der Waals surface area contributed by atoms with Crippen LogP contribution in [0.2, 0.25) is 0 Å². The fraction of sp³-hybridized carbons (Fsp3) is 0.556. The number of amides is 1. The predicted octanol–water partition coefficient (Wildman–Crippen LogP) is 0.380. The quantitative estimate of drug-likeness (QED) is 0.808. The third kappa shape index (κ3) is 2.28. The van der Waals surface area contributed by atoms with E-state index >= 15 is 0 Å². The zero-order valence-corrected chi connectivity index (χ0v) is 10.8. The molecule has 5 nitrogen and oxygen atoms in total. The van der Waals surface area contributed by atoms with Crippen molar-refractivity contribution >= 4 is 34.8 Å². The van der Waals surface area contributed by atoms with Gasteiger partial charge in [-0.05, 0) is 6.92 Å². The summed E-state index contributed by atoms with van der Waals surface area (Å²) in [6.45, 7) is 3.52. The van der Waals surface area contributed by atoms with E-state index in [4.69, 9.17) is 5.73 Å². The second kappa shape index (κ2) is 4.99. The minimum absolute atomic E-state index is 0. The van der Waals surface area contributed by atoms with Gasteiger partial charge in [-0.2, -0.15) is 0 Å². The molecule has 0 aromatic carbocycles. The molecule has 1 amide bonds. The lowest BCUT2D eigenvalue weighted by Crippen LogP contribution is -2.55. The van der Waals surface area contributed by atoms with Gasteiger partial charge in [-0.1, -0.05) is 11.3 Å². The van der Waals surface area contributed by atoms with Gasteiger partial charge < -0.3 is 16.0 Å². The molecular weight excluding hydrogens is 248 g/mol. The van der Waals surface area contributed by atoms with E-state index in [1.54, 1.807) is 7.05 Å². The third-order valence-corrected chi connectivity index (χ3v) is 3.62. The normalized spacial score (nSPS) is 15.3. The van der Waals surface area contributed by atoms with Gasteiger partial charge in [0.2, 0.25) is 0 Å². The number of anilines is 1. The van der Waals surface area contributed by atoms with Crippen LogP contribution in [0.15, 0.2) is 0 Å². The molecule has 1 aliphatic rings. The molecule has 16 heavy (non-hydrogen) atoms. The molecule has 90 valence electrons. The van der Waals surface area contributed by atoms with Gasteiger partial charge in [0, 0.05) is 26.2 Å². The van der Waals surface area contributed by atoms with E-state index in [-0.39, 0.29) is 24.4 Å². The number of hydrogen-bond donors (Lipinski definition) is 2. The van der Waals surface area contributed by atoms with Crippen LogP contribution in [0.5, 0.6) is 0 Å². The molecule has 0 atom stereocenters. The number of nitrogens with two attached hydrogens (primary N) is 1. The van der Waals surface area contributed by atoms with Gasteiger partial charge in [-0.15, -0.1) is 12.4 Å². The summed E-state index contributed by atoms with van der Waals surface area (Å²) >= 11 is 1.43. The maximum Gasteiger partial charge on any atom is 0.263 e. The van der Waals surface area contributed by atoms with Crippen molar-refractivity contribution in [3.63, 3.8) is 0 Å². The van der Waals surface area contributed by atoms with E-state index in [9.17, 15) is 4.79 Å². The Morgan fingerprint density at radius 3 is 2.75 bits per heavy atom. The van der Waals surface area contributed by atoms with Crippen LogP contribution in [0, 0.1) is 6.92 Å².